The van der Waals surface area contributed by atoms with Crippen LogP contribution in [0.5, 0.6) is 0 Å². The summed E-state index contributed by atoms with van der Waals surface area (Å²) in [5.41, 5.74) is 0.770. The third-order valence-corrected chi connectivity index (χ3v) is 3.77. The Morgan fingerprint density at radius 1 is 1.31 bits per heavy atom. The zero-order valence-corrected chi connectivity index (χ0v) is 14.5. The van der Waals surface area contributed by atoms with E-state index in [9.17, 15) is 14.3 Å². The first-order valence-corrected chi connectivity index (χ1v) is 7.95. The van der Waals surface area contributed by atoms with Gasteiger partial charge in [0.05, 0.1) is 18.4 Å². The van der Waals surface area contributed by atoms with Gasteiger partial charge in [-0.1, -0.05) is 18.2 Å². The number of halogens is 1. The maximum atomic E-state index is 13.7. The molecule has 8 nitrogen and oxygen atoms in total. The molecule has 0 saturated heterocycles. The molecule has 3 aromatic rings. The first-order valence-electron chi connectivity index (χ1n) is 7.54. The number of rotatable bonds is 5. The number of carboxylic acid groups (broad SMARTS) is 1. The van der Waals surface area contributed by atoms with Gasteiger partial charge in [0.1, 0.15) is 5.82 Å². The summed E-state index contributed by atoms with van der Waals surface area (Å²) in [5, 5.41) is 23.1. The highest BCUT2D eigenvalue weighted by Gasteiger charge is 2.16. The summed E-state index contributed by atoms with van der Waals surface area (Å²) >= 11 is 5.17. The largest absolute Gasteiger partial charge is 0.476 e. The number of aromatic nitrogens is 4. The topological polar surface area (TPSA) is 97.0 Å². The first-order chi connectivity index (χ1) is 12.4. The number of anilines is 2. The van der Waals surface area contributed by atoms with Crippen molar-refractivity contribution in [3.8, 4) is 0 Å². The quantitative estimate of drug-likeness (QED) is 0.590. The zero-order valence-electron chi connectivity index (χ0n) is 13.7. The standard InChI is InChI=1S/C16H15FN6O2S/c1-22-14(15(24)25)12(8-18-22)19-16(26)20-13-6-7-23(21-13)9-10-4-2-3-5-11(10)17/h2-8H,9H2,1H3,(H,24,25)(H2,19,20,21,26). The highest BCUT2D eigenvalue weighted by atomic mass is 32.1. The van der Waals surface area contributed by atoms with Gasteiger partial charge in [-0.2, -0.15) is 10.2 Å². The summed E-state index contributed by atoms with van der Waals surface area (Å²) in [5.74, 6) is -0.975. The zero-order chi connectivity index (χ0) is 18.7. The number of thiocarbonyl (C=S) groups is 1. The van der Waals surface area contributed by atoms with E-state index in [1.165, 1.54) is 24.0 Å². The molecule has 2 heterocycles. The minimum atomic E-state index is -1.12. The maximum Gasteiger partial charge on any atom is 0.356 e. The van der Waals surface area contributed by atoms with Crippen molar-refractivity contribution >= 4 is 34.8 Å². The summed E-state index contributed by atoms with van der Waals surface area (Å²) < 4.78 is 16.5. The molecule has 0 fully saturated rings. The van der Waals surface area contributed by atoms with Crippen LogP contribution >= 0.6 is 12.2 Å². The molecule has 0 aliphatic rings. The Morgan fingerprint density at radius 3 is 2.81 bits per heavy atom. The van der Waals surface area contributed by atoms with Gasteiger partial charge >= 0.3 is 5.97 Å². The lowest BCUT2D eigenvalue weighted by Gasteiger charge is -2.08. The molecule has 0 saturated carbocycles. The Labute approximate surface area is 153 Å². The second-order valence-corrected chi connectivity index (χ2v) is 5.81. The lowest BCUT2D eigenvalue weighted by molar-refractivity contribution is 0.0686. The summed E-state index contributed by atoms with van der Waals surface area (Å²) in [6.07, 6.45) is 3.05. The van der Waals surface area contributed by atoms with E-state index in [0.29, 0.717) is 11.4 Å². The molecular formula is C16H15FN6O2S. The van der Waals surface area contributed by atoms with Crippen molar-refractivity contribution in [2.75, 3.05) is 10.6 Å². The Kier molecular flexibility index (Phi) is 4.94. The predicted octanol–water partition coefficient (Wildman–Crippen LogP) is 2.31. The van der Waals surface area contributed by atoms with Crippen molar-refractivity contribution in [2.24, 2.45) is 7.05 Å². The summed E-state index contributed by atoms with van der Waals surface area (Å²) in [4.78, 5) is 11.2. The van der Waals surface area contributed by atoms with Gasteiger partial charge in [-0.15, -0.1) is 0 Å². The Bertz CT molecular complexity index is 967. The molecule has 26 heavy (non-hydrogen) atoms. The number of aryl methyl sites for hydroxylation is 1. The van der Waals surface area contributed by atoms with Gasteiger partial charge in [-0.05, 0) is 18.3 Å². The van der Waals surface area contributed by atoms with E-state index in [-0.39, 0.29) is 28.9 Å². The molecule has 10 heteroatoms. The van der Waals surface area contributed by atoms with Crippen LogP contribution in [0.3, 0.4) is 0 Å². The van der Waals surface area contributed by atoms with E-state index in [4.69, 9.17) is 12.2 Å². The van der Waals surface area contributed by atoms with Crippen molar-refractivity contribution in [1.29, 1.82) is 0 Å². The van der Waals surface area contributed by atoms with Crippen LogP contribution in [0.15, 0.2) is 42.7 Å². The number of hydrogen-bond acceptors (Lipinski definition) is 4. The molecule has 0 unspecified atom stereocenters. The molecule has 3 rings (SSSR count). The lowest BCUT2D eigenvalue weighted by Crippen LogP contribution is -2.21. The molecule has 3 N–H and O–H groups in total. The van der Waals surface area contributed by atoms with Crippen molar-refractivity contribution in [3.63, 3.8) is 0 Å². The molecule has 0 aliphatic carbocycles. The number of hydrogen-bond donors (Lipinski definition) is 3. The van der Waals surface area contributed by atoms with E-state index in [1.54, 1.807) is 35.1 Å². The Hall–Kier alpha value is -3.27. The highest BCUT2D eigenvalue weighted by molar-refractivity contribution is 7.80. The predicted molar refractivity (Wildman–Crippen MR) is 97.7 cm³/mol. The molecule has 0 bridgehead atoms. The molecule has 0 radical (unpaired) electrons. The van der Waals surface area contributed by atoms with Gasteiger partial charge in [0.15, 0.2) is 16.6 Å². The monoisotopic (exact) mass is 374 g/mol. The number of carboxylic acids is 1. The molecule has 0 aliphatic heterocycles. The number of benzene rings is 1. The second-order valence-electron chi connectivity index (χ2n) is 5.40. The molecular weight excluding hydrogens is 359 g/mol. The third-order valence-electron chi connectivity index (χ3n) is 3.56. The van der Waals surface area contributed by atoms with Crippen LogP contribution in [0.4, 0.5) is 15.9 Å². The smallest absolute Gasteiger partial charge is 0.356 e. The normalized spacial score (nSPS) is 10.5. The third kappa shape index (κ3) is 3.86. The van der Waals surface area contributed by atoms with Crippen LogP contribution in [0.2, 0.25) is 0 Å². The van der Waals surface area contributed by atoms with Crippen LogP contribution in [0.1, 0.15) is 16.1 Å². The van der Waals surface area contributed by atoms with Crippen LogP contribution < -0.4 is 10.6 Å². The number of aromatic carboxylic acids is 1. The van der Waals surface area contributed by atoms with Crippen molar-refractivity contribution in [2.45, 2.75) is 6.54 Å². The van der Waals surface area contributed by atoms with Crippen molar-refractivity contribution in [1.82, 2.24) is 19.6 Å². The average molecular weight is 374 g/mol. The van der Waals surface area contributed by atoms with Crippen molar-refractivity contribution in [3.05, 3.63) is 59.8 Å². The van der Waals surface area contributed by atoms with Crippen LogP contribution in [0.25, 0.3) is 0 Å². The number of carbonyl (C=O) groups is 1. The number of nitrogens with zero attached hydrogens (tertiary/aromatic N) is 4. The van der Waals surface area contributed by atoms with Crippen LogP contribution in [-0.4, -0.2) is 35.7 Å². The minimum absolute atomic E-state index is 0.0146. The van der Waals surface area contributed by atoms with Gasteiger partial charge in [-0.25, -0.2) is 9.18 Å². The van der Waals surface area contributed by atoms with Crippen LogP contribution in [-0.2, 0) is 13.6 Å². The van der Waals surface area contributed by atoms with E-state index in [1.807, 2.05) is 0 Å². The molecule has 0 amide bonds. The summed E-state index contributed by atoms with van der Waals surface area (Å²) in [6, 6.07) is 8.14. The summed E-state index contributed by atoms with van der Waals surface area (Å²) in [6.45, 7) is 0.278. The van der Waals surface area contributed by atoms with Gasteiger partial charge in [-0.3, -0.25) is 9.36 Å². The average Bonchev–Trinajstić information content (AvgIpc) is 3.16. The fourth-order valence-electron chi connectivity index (χ4n) is 2.37. The molecule has 0 spiro atoms. The first kappa shape index (κ1) is 17.5. The highest BCUT2D eigenvalue weighted by Crippen LogP contribution is 2.15. The van der Waals surface area contributed by atoms with Gasteiger partial charge < -0.3 is 15.7 Å². The molecule has 134 valence electrons. The van der Waals surface area contributed by atoms with Crippen molar-refractivity contribution < 1.29 is 14.3 Å². The van der Waals surface area contributed by atoms with Gasteiger partial charge in [0.25, 0.3) is 0 Å². The van der Waals surface area contributed by atoms with E-state index < -0.39 is 5.97 Å². The van der Waals surface area contributed by atoms with Crippen LogP contribution in [0, 0.1) is 5.82 Å². The SMILES string of the molecule is Cn1ncc(NC(=S)Nc2ccn(Cc3ccccc3F)n2)c1C(=O)O. The lowest BCUT2D eigenvalue weighted by atomic mass is 10.2. The Morgan fingerprint density at radius 2 is 2.08 bits per heavy atom. The fraction of sp³-hybridized carbons (Fsp3) is 0.125. The molecule has 2 aromatic heterocycles. The number of nitrogens with one attached hydrogen (secondary N) is 2. The van der Waals surface area contributed by atoms with E-state index in [0.717, 1.165) is 0 Å². The second kappa shape index (κ2) is 7.31. The Balaban J connectivity index is 1.65. The van der Waals surface area contributed by atoms with Gasteiger partial charge in [0, 0.05) is 24.9 Å². The van der Waals surface area contributed by atoms with E-state index in [2.05, 4.69) is 20.8 Å². The molecule has 1 aromatic carbocycles. The minimum Gasteiger partial charge on any atom is -0.476 e. The van der Waals surface area contributed by atoms with Gasteiger partial charge in [0.2, 0.25) is 0 Å². The summed E-state index contributed by atoms with van der Waals surface area (Å²) in [7, 11) is 1.52. The van der Waals surface area contributed by atoms with E-state index >= 15 is 0 Å². The fourth-order valence-corrected chi connectivity index (χ4v) is 2.58. The maximum absolute atomic E-state index is 13.7. The molecule has 0 atom stereocenters.